The molecular weight excluding hydrogens is 432 g/mol. The number of aromatic nitrogens is 3. The molecule has 160 valence electrons. The summed E-state index contributed by atoms with van der Waals surface area (Å²) in [5.41, 5.74) is 1.18. The molecule has 3 aromatic rings. The molecule has 3 heterocycles. The van der Waals surface area contributed by atoms with Crippen molar-refractivity contribution in [2.45, 2.75) is 12.4 Å². The van der Waals surface area contributed by atoms with E-state index >= 15 is 0 Å². The monoisotopic (exact) mass is 448 g/mol. The molecule has 0 spiro atoms. The zero-order chi connectivity index (χ0) is 22.3. The van der Waals surface area contributed by atoms with E-state index in [9.17, 15) is 22.8 Å². The smallest absolute Gasteiger partial charge is 0.406 e. The number of nitrogens with zero attached hydrogens (tertiary/aromatic N) is 4. The molecule has 0 N–H and O–H groups in total. The normalized spacial score (nSPS) is 14.4. The lowest BCUT2D eigenvalue weighted by Gasteiger charge is -2.40. The Morgan fingerprint density at radius 3 is 2.32 bits per heavy atom. The second kappa shape index (κ2) is 7.77. The van der Waals surface area contributed by atoms with Gasteiger partial charge in [0.1, 0.15) is 11.3 Å². The van der Waals surface area contributed by atoms with E-state index in [1.807, 2.05) is 0 Å². The van der Waals surface area contributed by atoms with Crippen LogP contribution in [0.1, 0.15) is 6.04 Å². The van der Waals surface area contributed by atoms with E-state index in [1.165, 1.54) is 41.2 Å². The summed E-state index contributed by atoms with van der Waals surface area (Å²) < 4.78 is 42.7. The van der Waals surface area contributed by atoms with Crippen molar-refractivity contribution in [1.82, 2.24) is 19.4 Å². The lowest BCUT2D eigenvalue weighted by molar-refractivity contribution is -0.274. The Bertz CT molecular complexity index is 1240. The molecular formula is C20H16F3N4O3P. The number of carbonyl (C=O) groups is 1. The van der Waals surface area contributed by atoms with Crippen LogP contribution in [0.2, 0.25) is 0 Å². The van der Waals surface area contributed by atoms with Crippen molar-refractivity contribution < 1.29 is 22.7 Å². The van der Waals surface area contributed by atoms with Gasteiger partial charge in [0, 0.05) is 42.6 Å². The number of ether oxygens (including phenoxy) is 1. The molecule has 0 aliphatic carbocycles. The van der Waals surface area contributed by atoms with Gasteiger partial charge in [0.25, 0.3) is 11.5 Å². The van der Waals surface area contributed by atoms with Crippen molar-refractivity contribution in [3.8, 4) is 16.9 Å². The quantitative estimate of drug-likeness (QED) is 0.453. The molecule has 1 aromatic carbocycles. The molecule has 0 bridgehead atoms. The maximum atomic E-state index is 13.0. The van der Waals surface area contributed by atoms with E-state index in [2.05, 4.69) is 30.5 Å². The Labute approximate surface area is 176 Å². The van der Waals surface area contributed by atoms with Gasteiger partial charge >= 0.3 is 6.36 Å². The molecule has 7 nitrogen and oxygen atoms in total. The topological polar surface area (TPSA) is 77.3 Å². The van der Waals surface area contributed by atoms with Crippen molar-refractivity contribution in [3.63, 3.8) is 0 Å². The first-order chi connectivity index (χ1) is 14.6. The SMILES string of the molecule is C=C(P)C(=O)N1CC(n2cc(-c3ccc(OC(F)(F)F)cc3)c3nccnc3c2=O)C1. The van der Waals surface area contributed by atoms with Crippen molar-refractivity contribution >= 4 is 26.2 Å². The minimum atomic E-state index is -4.79. The van der Waals surface area contributed by atoms with Gasteiger partial charge in [0.15, 0.2) is 5.52 Å². The molecule has 4 rings (SSSR count). The van der Waals surface area contributed by atoms with Gasteiger partial charge < -0.3 is 14.2 Å². The Hall–Kier alpha value is -3.26. The molecule has 0 saturated carbocycles. The van der Waals surface area contributed by atoms with E-state index in [1.54, 1.807) is 11.1 Å². The molecule has 1 amide bonds. The maximum absolute atomic E-state index is 13.0. The average Bonchev–Trinajstić information content (AvgIpc) is 2.68. The third kappa shape index (κ3) is 4.16. The highest BCUT2D eigenvalue weighted by atomic mass is 31.0. The summed E-state index contributed by atoms with van der Waals surface area (Å²) in [7, 11) is 2.26. The summed E-state index contributed by atoms with van der Waals surface area (Å²) >= 11 is 0. The van der Waals surface area contributed by atoms with Gasteiger partial charge in [-0.15, -0.1) is 22.4 Å². The van der Waals surface area contributed by atoms with Crippen LogP contribution in [0.5, 0.6) is 5.75 Å². The van der Waals surface area contributed by atoms with Gasteiger partial charge in [-0.25, -0.2) is 4.98 Å². The van der Waals surface area contributed by atoms with Gasteiger partial charge in [0.2, 0.25) is 0 Å². The minimum Gasteiger partial charge on any atom is -0.406 e. The zero-order valence-electron chi connectivity index (χ0n) is 16.0. The molecule has 1 aliphatic rings. The number of hydrogen-bond donors (Lipinski definition) is 0. The number of halogens is 3. The second-order valence-electron chi connectivity index (χ2n) is 6.97. The van der Waals surface area contributed by atoms with Crippen molar-refractivity contribution in [1.29, 1.82) is 0 Å². The Morgan fingerprint density at radius 1 is 1.13 bits per heavy atom. The summed E-state index contributed by atoms with van der Waals surface area (Å²) in [6, 6.07) is 5.02. The Morgan fingerprint density at radius 2 is 1.74 bits per heavy atom. The van der Waals surface area contributed by atoms with Crippen LogP contribution >= 0.6 is 9.24 Å². The first kappa shape index (κ1) is 21.0. The largest absolute Gasteiger partial charge is 0.573 e. The fourth-order valence-electron chi connectivity index (χ4n) is 3.39. The van der Waals surface area contributed by atoms with Gasteiger partial charge in [-0.2, -0.15) is 0 Å². The molecule has 11 heteroatoms. The van der Waals surface area contributed by atoms with E-state index in [-0.39, 0.29) is 28.8 Å². The highest BCUT2D eigenvalue weighted by Crippen LogP contribution is 2.31. The number of likely N-dealkylation sites (tertiary alicyclic amines) is 1. The van der Waals surface area contributed by atoms with Crippen LogP contribution in [0.15, 0.2) is 59.5 Å². The molecule has 1 unspecified atom stereocenters. The highest BCUT2D eigenvalue weighted by Gasteiger charge is 2.34. The maximum Gasteiger partial charge on any atom is 0.573 e. The van der Waals surface area contributed by atoms with Crippen LogP contribution in [-0.2, 0) is 4.79 Å². The average molecular weight is 448 g/mol. The van der Waals surface area contributed by atoms with Crippen LogP contribution in [0.25, 0.3) is 22.2 Å². The number of hydrogen-bond acceptors (Lipinski definition) is 5. The number of benzene rings is 1. The standard InChI is InChI=1S/C20H16F3N4O3P/c1-11(31)18(28)26-8-13(9-26)27-10-15(16-17(19(27)29)25-7-6-24-16)12-2-4-14(5-3-12)30-20(21,22)23/h2-7,10,13H,1,8-9,31H2. The van der Waals surface area contributed by atoms with Gasteiger partial charge in [-0.1, -0.05) is 18.7 Å². The summed E-state index contributed by atoms with van der Waals surface area (Å²) in [4.78, 5) is 34.9. The third-order valence-corrected chi connectivity index (χ3v) is 5.12. The van der Waals surface area contributed by atoms with E-state index in [4.69, 9.17) is 0 Å². The molecule has 2 aromatic heterocycles. The van der Waals surface area contributed by atoms with Crippen molar-refractivity contribution in [2.75, 3.05) is 13.1 Å². The second-order valence-corrected chi connectivity index (χ2v) is 7.67. The summed E-state index contributed by atoms with van der Waals surface area (Å²) in [5.74, 6) is -0.568. The first-order valence-electron chi connectivity index (χ1n) is 9.10. The number of fused-ring (bicyclic) bond motifs is 1. The fraction of sp³-hybridized carbons (Fsp3) is 0.200. The lowest BCUT2D eigenvalue weighted by Crippen LogP contribution is -2.52. The van der Waals surface area contributed by atoms with Gasteiger partial charge in [-0.05, 0) is 17.7 Å². The van der Waals surface area contributed by atoms with Crippen LogP contribution in [0.3, 0.4) is 0 Å². The van der Waals surface area contributed by atoms with Crippen LogP contribution in [-0.4, -0.2) is 44.8 Å². The van der Waals surface area contributed by atoms with Crippen molar-refractivity contribution in [2.24, 2.45) is 0 Å². The van der Waals surface area contributed by atoms with Crippen LogP contribution < -0.4 is 10.3 Å². The van der Waals surface area contributed by atoms with Crippen molar-refractivity contribution in [3.05, 3.63) is 65.1 Å². The zero-order valence-corrected chi connectivity index (χ0v) is 17.1. The molecule has 1 aliphatic heterocycles. The third-order valence-electron chi connectivity index (χ3n) is 4.88. The molecule has 1 saturated heterocycles. The van der Waals surface area contributed by atoms with E-state index in [0.29, 0.717) is 35.0 Å². The molecule has 1 atom stereocenters. The minimum absolute atomic E-state index is 0.135. The molecule has 0 radical (unpaired) electrons. The number of pyridine rings is 1. The highest BCUT2D eigenvalue weighted by molar-refractivity contribution is 7.24. The van der Waals surface area contributed by atoms with E-state index < -0.39 is 6.36 Å². The summed E-state index contributed by atoms with van der Waals surface area (Å²) in [6.07, 6.45) is -0.359. The fourth-order valence-corrected chi connectivity index (χ4v) is 3.57. The first-order valence-corrected chi connectivity index (χ1v) is 9.67. The summed E-state index contributed by atoms with van der Waals surface area (Å²) in [5, 5.41) is 0.331. The Kier molecular flexibility index (Phi) is 5.26. The van der Waals surface area contributed by atoms with Gasteiger partial charge in [-0.3, -0.25) is 14.6 Å². The Balaban J connectivity index is 1.73. The number of rotatable bonds is 4. The number of carbonyl (C=O) groups excluding carboxylic acids is 1. The molecule has 31 heavy (non-hydrogen) atoms. The lowest BCUT2D eigenvalue weighted by atomic mass is 10.0. The van der Waals surface area contributed by atoms with Crippen LogP contribution in [0, 0.1) is 0 Å². The van der Waals surface area contributed by atoms with Crippen LogP contribution in [0.4, 0.5) is 13.2 Å². The molecule has 1 fully saturated rings. The predicted molar refractivity (Wildman–Crippen MR) is 110 cm³/mol. The summed E-state index contributed by atoms with van der Waals surface area (Å²) in [6.45, 7) is 4.26. The number of alkyl halides is 3. The van der Waals surface area contributed by atoms with E-state index in [0.717, 1.165) is 0 Å². The number of amides is 1. The predicted octanol–water partition coefficient (Wildman–Crippen LogP) is 3.13. The van der Waals surface area contributed by atoms with Gasteiger partial charge in [0.05, 0.1) is 6.04 Å².